The molecule has 0 aliphatic carbocycles. The maximum Gasteiger partial charge on any atom is 0.243 e. The van der Waals surface area contributed by atoms with Crippen molar-refractivity contribution in [2.45, 2.75) is 38.8 Å². The topological polar surface area (TPSA) is 86.8 Å². The van der Waals surface area contributed by atoms with Gasteiger partial charge in [0, 0.05) is 37.5 Å². The fourth-order valence-corrected chi connectivity index (χ4v) is 5.78. The zero-order valence-corrected chi connectivity index (χ0v) is 25.4. The van der Waals surface area contributed by atoms with Crippen LogP contribution in [0.1, 0.15) is 30.9 Å². The molecule has 0 bridgehead atoms. The molecule has 0 spiro atoms. The Morgan fingerprint density at radius 2 is 1.62 bits per heavy atom. The van der Waals surface area contributed by atoms with Crippen LogP contribution in [-0.2, 0) is 32.6 Å². The van der Waals surface area contributed by atoms with Gasteiger partial charge in [0.15, 0.2) is 0 Å². The first-order valence-corrected chi connectivity index (χ1v) is 15.8. The molecule has 3 aromatic carbocycles. The predicted molar refractivity (Wildman–Crippen MR) is 163 cm³/mol. The van der Waals surface area contributed by atoms with Crippen LogP contribution in [0.25, 0.3) is 0 Å². The summed E-state index contributed by atoms with van der Waals surface area (Å²) in [5.74, 6) is -0.575. The Kier molecular flexibility index (Phi) is 11.7. The van der Waals surface area contributed by atoms with Crippen LogP contribution < -0.4 is 9.62 Å². The molecule has 11 heteroatoms. The molecule has 214 valence electrons. The van der Waals surface area contributed by atoms with Crippen molar-refractivity contribution in [3.8, 4) is 0 Å². The van der Waals surface area contributed by atoms with Gasteiger partial charge in [0.05, 0.1) is 22.0 Å². The number of hydrogen-bond acceptors (Lipinski definition) is 4. The number of amides is 2. The molecule has 3 aromatic rings. The summed E-state index contributed by atoms with van der Waals surface area (Å²) in [5, 5.41) is 3.98. The minimum atomic E-state index is -3.63. The Balaban J connectivity index is 1.88. The molecule has 7 nitrogen and oxygen atoms in total. The van der Waals surface area contributed by atoms with Crippen molar-refractivity contribution in [3.05, 3.63) is 99.0 Å². The maximum absolute atomic E-state index is 13.8. The zero-order chi connectivity index (χ0) is 29.3. The summed E-state index contributed by atoms with van der Waals surface area (Å²) in [6.45, 7) is 2.41. The van der Waals surface area contributed by atoms with E-state index < -0.39 is 16.1 Å². The molecule has 0 heterocycles. The minimum absolute atomic E-state index is 0.0125. The van der Waals surface area contributed by atoms with Crippen molar-refractivity contribution >= 4 is 62.3 Å². The van der Waals surface area contributed by atoms with Gasteiger partial charge in [0.1, 0.15) is 6.04 Å². The van der Waals surface area contributed by atoms with Crippen LogP contribution >= 0.6 is 34.8 Å². The van der Waals surface area contributed by atoms with E-state index >= 15 is 0 Å². The second kappa shape index (κ2) is 14.7. The third kappa shape index (κ3) is 9.13. The van der Waals surface area contributed by atoms with Gasteiger partial charge in [0.2, 0.25) is 21.8 Å². The lowest BCUT2D eigenvalue weighted by molar-refractivity contribution is -0.141. The molecule has 0 saturated heterocycles. The molecule has 0 aromatic heterocycles. The molecule has 0 fully saturated rings. The summed E-state index contributed by atoms with van der Waals surface area (Å²) in [6.07, 6.45) is 1.65. The van der Waals surface area contributed by atoms with Gasteiger partial charge in [0.25, 0.3) is 0 Å². The molecule has 0 radical (unpaired) electrons. The van der Waals surface area contributed by atoms with Crippen molar-refractivity contribution in [2.24, 2.45) is 0 Å². The summed E-state index contributed by atoms with van der Waals surface area (Å²) in [6, 6.07) is 20.3. The number of hydrogen-bond donors (Lipinski definition) is 1. The molecule has 0 aliphatic rings. The second-order valence-corrected chi connectivity index (χ2v) is 12.4. The highest BCUT2D eigenvalue weighted by Gasteiger charge is 2.30. The smallest absolute Gasteiger partial charge is 0.243 e. The molecule has 3 rings (SSSR count). The van der Waals surface area contributed by atoms with Gasteiger partial charge in [-0.3, -0.25) is 13.9 Å². The highest BCUT2D eigenvalue weighted by Crippen LogP contribution is 2.25. The maximum atomic E-state index is 13.8. The van der Waals surface area contributed by atoms with E-state index in [4.69, 9.17) is 34.8 Å². The summed E-state index contributed by atoms with van der Waals surface area (Å²) in [7, 11) is -3.63. The van der Waals surface area contributed by atoms with E-state index in [1.54, 1.807) is 42.5 Å². The number of anilines is 1. The average molecular weight is 625 g/mol. The third-order valence-electron chi connectivity index (χ3n) is 6.21. The summed E-state index contributed by atoms with van der Waals surface area (Å²) >= 11 is 18.4. The highest BCUT2D eigenvalue weighted by atomic mass is 35.5. The molecule has 2 amide bonds. The number of rotatable bonds is 13. The molecule has 0 saturated carbocycles. The van der Waals surface area contributed by atoms with Crippen LogP contribution in [0, 0.1) is 0 Å². The fourth-order valence-electron chi connectivity index (χ4n) is 4.32. The first-order chi connectivity index (χ1) is 19.0. The van der Waals surface area contributed by atoms with Crippen LogP contribution in [0.4, 0.5) is 5.69 Å². The fraction of sp³-hybridized carbons (Fsp3) is 0.310. The van der Waals surface area contributed by atoms with Crippen molar-refractivity contribution in [3.63, 3.8) is 0 Å². The number of nitrogens with zero attached hydrogens (tertiary/aromatic N) is 2. The van der Waals surface area contributed by atoms with E-state index in [1.165, 1.54) is 9.21 Å². The van der Waals surface area contributed by atoms with Crippen molar-refractivity contribution in [1.29, 1.82) is 0 Å². The Morgan fingerprint density at radius 1 is 0.900 bits per heavy atom. The molecule has 1 unspecified atom stereocenters. The number of benzene rings is 3. The van der Waals surface area contributed by atoms with Crippen LogP contribution in [0.2, 0.25) is 15.1 Å². The quantitative estimate of drug-likeness (QED) is 0.254. The Labute approximate surface area is 251 Å². The standard InChI is InChI=1S/C29H32Cl3N3O4S/c1-3-33-29(37)27(18-21-9-5-4-6-10-21)34(20-22-14-15-25(31)26(32)17-22)28(36)13-8-16-35(40(2,38)39)24-12-7-11-23(30)19-24/h4-7,9-12,14-15,17,19,27H,3,8,13,16,18,20H2,1-2H3,(H,33,37). The van der Waals surface area contributed by atoms with E-state index in [1.807, 2.05) is 37.3 Å². The van der Waals surface area contributed by atoms with Crippen LogP contribution in [0.3, 0.4) is 0 Å². The summed E-state index contributed by atoms with van der Waals surface area (Å²) < 4.78 is 26.3. The van der Waals surface area contributed by atoms with E-state index in [2.05, 4.69) is 5.32 Å². The Morgan fingerprint density at radius 3 is 2.25 bits per heavy atom. The van der Waals surface area contributed by atoms with Gasteiger partial charge in [-0.2, -0.15) is 0 Å². The van der Waals surface area contributed by atoms with Crippen LogP contribution in [-0.4, -0.2) is 50.5 Å². The number of carbonyl (C=O) groups excluding carboxylic acids is 2. The van der Waals surface area contributed by atoms with Crippen LogP contribution in [0.5, 0.6) is 0 Å². The van der Waals surface area contributed by atoms with Crippen molar-refractivity contribution in [2.75, 3.05) is 23.7 Å². The lowest BCUT2D eigenvalue weighted by Gasteiger charge is -2.32. The third-order valence-corrected chi connectivity index (χ3v) is 8.38. The lowest BCUT2D eigenvalue weighted by atomic mass is 10.0. The summed E-state index contributed by atoms with van der Waals surface area (Å²) in [5.41, 5.74) is 2.02. The van der Waals surface area contributed by atoms with Gasteiger partial charge >= 0.3 is 0 Å². The normalized spacial score (nSPS) is 12.0. The van der Waals surface area contributed by atoms with E-state index in [0.717, 1.165) is 11.8 Å². The van der Waals surface area contributed by atoms with Gasteiger partial charge in [-0.05, 0) is 54.8 Å². The Bertz CT molecular complexity index is 1420. The largest absolute Gasteiger partial charge is 0.355 e. The molecular formula is C29H32Cl3N3O4S. The van der Waals surface area contributed by atoms with E-state index in [9.17, 15) is 18.0 Å². The van der Waals surface area contributed by atoms with E-state index in [-0.39, 0.29) is 37.7 Å². The van der Waals surface area contributed by atoms with E-state index in [0.29, 0.717) is 39.3 Å². The van der Waals surface area contributed by atoms with Gasteiger partial charge in [-0.15, -0.1) is 0 Å². The molecule has 0 aliphatic heterocycles. The number of nitrogens with one attached hydrogen (secondary N) is 1. The number of halogens is 3. The molecule has 40 heavy (non-hydrogen) atoms. The predicted octanol–water partition coefficient (Wildman–Crippen LogP) is 5.97. The van der Waals surface area contributed by atoms with Gasteiger partial charge in [-0.25, -0.2) is 8.42 Å². The SMILES string of the molecule is CCNC(=O)C(Cc1ccccc1)N(Cc1ccc(Cl)c(Cl)c1)C(=O)CCCN(c1cccc(Cl)c1)S(C)(=O)=O. The van der Waals surface area contributed by atoms with Gasteiger partial charge in [-0.1, -0.05) is 77.3 Å². The first-order valence-electron chi connectivity index (χ1n) is 12.8. The summed E-state index contributed by atoms with van der Waals surface area (Å²) in [4.78, 5) is 28.6. The monoisotopic (exact) mass is 623 g/mol. The number of sulfonamides is 1. The second-order valence-electron chi connectivity index (χ2n) is 9.29. The highest BCUT2D eigenvalue weighted by molar-refractivity contribution is 7.92. The molecule has 1 atom stereocenters. The van der Waals surface area contributed by atoms with Gasteiger partial charge < -0.3 is 10.2 Å². The van der Waals surface area contributed by atoms with Crippen molar-refractivity contribution < 1.29 is 18.0 Å². The van der Waals surface area contributed by atoms with Crippen LogP contribution in [0.15, 0.2) is 72.8 Å². The minimum Gasteiger partial charge on any atom is -0.355 e. The Hall–Kier alpha value is -2.78. The average Bonchev–Trinajstić information content (AvgIpc) is 2.90. The number of likely N-dealkylation sites (N-methyl/N-ethyl adjacent to an activating group) is 1. The molecular weight excluding hydrogens is 593 g/mol. The lowest BCUT2D eigenvalue weighted by Crippen LogP contribution is -2.50. The first kappa shape index (κ1) is 31.7. The van der Waals surface area contributed by atoms with Crippen molar-refractivity contribution in [1.82, 2.24) is 10.2 Å². The zero-order valence-electron chi connectivity index (χ0n) is 22.3. The number of carbonyl (C=O) groups is 2. The molecule has 1 N–H and O–H groups in total.